The number of nitrogens with one attached hydrogen (secondary N) is 1. The number of amides is 1. The maximum atomic E-state index is 12.5. The fourth-order valence-corrected chi connectivity index (χ4v) is 2.26. The molecule has 0 spiro atoms. The van der Waals surface area contributed by atoms with E-state index in [1.165, 1.54) is 6.20 Å². The molecule has 6 nitrogen and oxygen atoms in total. The minimum atomic E-state index is -0.285. The van der Waals surface area contributed by atoms with Crippen molar-refractivity contribution in [3.63, 3.8) is 0 Å². The number of para-hydroxylation sites is 1. The molecule has 0 aliphatic heterocycles. The summed E-state index contributed by atoms with van der Waals surface area (Å²) in [7, 11) is 0. The fourth-order valence-electron chi connectivity index (χ4n) is 2.26. The predicted octanol–water partition coefficient (Wildman–Crippen LogP) is 2.32. The molecule has 2 heterocycles. The molecule has 0 atom stereocenters. The van der Waals surface area contributed by atoms with E-state index in [1.807, 2.05) is 30.3 Å². The summed E-state index contributed by atoms with van der Waals surface area (Å²) >= 11 is 0. The van der Waals surface area contributed by atoms with Crippen LogP contribution in [0.2, 0.25) is 0 Å². The zero-order valence-electron chi connectivity index (χ0n) is 12.6. The number of benzene rings is 1. The van der Waals surface area contributed by atoms with Gasteiger partial charge in [-0.2, -0.15) is 5.10 Å². The van der Waals surface area contributed by atoms with Crippen LogP contribution in [0.4, 0.5) is 5.69 Å². The maximum absolute atomic E-state index is 12.5. The number of aliphatic hydroxyl groups is 1. The van der Waals surface area contributed by atoms with E-state index < -0.39 is 0 Å². The average Bonchev–Trinajstić information content (AvgIpc) is 2.98. The van der Waals surface area contributed by atoms with E-state index >= 15 is 0 Å². The second kappa shape index (κ2) is 6.41. The molecule has 3 aromatic rings. The van der Waals surface area contributed by atoms with Crippen molar-refractivity contribution in [3.05, 3.63) is 71.8 Å². The second-order valence-electron chi connectivity index (χ2n) is 5.05. The van der Waals surface area contributed by atoms with Crippen molar-refractivity contribution in [1.29, 1.82) is 0 Å². The van der Waals surface area contributed by atoms with Gasteiger partial charge < -0.3 is 10.4 Å². The molecule has 6 heteroatoms. The highest BCUT2D eigenvalue weighted by Gasteiger charge is 2.15. The Balaban J connectivity index is 1.87. The maximum Gasteiger partial charge on any atom is 0.259 e. The third-order valence-electron chi connectivity index (χ3n) is 3.49. The quantitative estimate of drug-likeness (QED) is 0.775. The molecule has 0 aliphatic carbocycles. The van der Waals surface area contributed by atoms with E-state index in [0.717, 1.165) is 5.69 Å². The molecule has 0 bridgehead atoms. The normalized spacial score (nSPS) is 10.5. The van der Waals surface area contributed by atoms with Crippen molar-refractivity contribution < 1.29 is 9.90 Å². The van der Waals surface area contributed by atoms with E-state index in [-0.39, 0.29) is 12.5 Å². The molecular weight excluding hydrogens is 292 g/mol. The SMILES string of the molecule is Cc1nn(-c2ccccc2)cc1C(=O)Nc1cnccc1CO. The second-order valence-corrected chi connectivity index (χ2v) is 5.05. The number of aryl methyl sites for hydroxylation is 1. The van der Waals surface area contributed by atoms with Crippen LogP contribution in [0.3, 0.4) is 0 Å². The molecule has 116 valence electrons. The van der Waals surface area contributed by atoms with E-state index in [4.69, 9.17) is 0 Å². The van der Waals surface area contributed by atoms with Crippen LogP contribution in [0.15, 0.2) is 55.0 Å². The van der Waals surface area contributed by atoms with Crippen molar-refractivity contribution in [1.82, 2.24) is 14.8 Å². The number of carbonyl (C=O) groups excluding carboxylic acids is 1. The van der Waals surface area contributed by atoms with Gasteiger partial charge in [0.05, 0.1) is 35.4 Å². The lowest BCUT2D eigenvalue weighted by atomic mass is 10.2. The number of aliphatic hydroxyl groups excluding tert-OH is 1. The van der Waals surface area contributed by atoms with Crippen molar-refractivity contribution in [2.75, 3.05) is 5.32 Å². The van der Waals surface area contributed by atoms with Crippen LogP contribution in [0.25, 0.3) is 5.69 Å². The van der Waals surface area contributed by atoms with E-state index in [1.54, 1.807) is 30.1 Å². The fraction of sp³-hybridized carbons (Fsp3) is 0.118. The van der Waals surface area contributed by atoms with Crippen LogP contribution in [-0.4, -0.2) is 25.8 Å². The number of hydrogen-bond donors (Lipinski definition) is 2. The van der Waals surface area contributed by atoms with Gasteiger partial charge in [0.25, 0.3) is 5.91 Å². The Morgan fingerprint density at radius 3 is 2.78 bits per heavy atom. The summed E-state index contributed by atoms with van der Waals surface area (Å²) in [5.41, 5.74) is 3.09. The van der Waals surface area contributed by atoms with Crippen molar-refractivity contribution in [3.8, 4) is 5.69 Å². The highest BCUT2D eigenvalue weighted by molar-refractivity contribution is 6.05. The molecule has 0 aliphatic rings. The van der Waals surface area contributed by atoms with Crippen LogP contribution >= 0.6 is 0 Å². The minimum absolute atomic E-state index is 0.166. The molecule has 3 rings (SSSR count). The molecule has 0 unspecified atom stereocenters. The van der Waals surface area contributed by atoms with Gasteiger partial charge in [0.2, 0.25) is 0 Å². The number of nitrogens with zero attached hydrogens (tertiary/aromatic N) is 3. The summed E-state index contributed by atoms with van der Waals surface area (Å²) in [6.07, 6.45) is 4.77. The van der Waals surface area contributed by atoms with Gasteiger partial charge in [0, 0.05) is 18.0 Å². The lowest BCUT2D eigenvalue weighted by molar-refractivity contribution is 0.102. The van der Waals surface area contributed by atoms with Gasteiger partial charge in [-0.1, -0.05) is 18.2 Å². The highest BCUT2D eigenvalue weighted by atomic mass is 16.3. The first kappa shape index (κ1) is 14.9. The van der Waals surface area contributed by atoms with Crippen LogP contribution in [0.1, 0.15) is 21.6 Å². The molecular formula is C17H16N4O2. The zero-order chi connectivity index (χ0) is 16.2. The zero-order valence-corrected chi connectivity index (χ0v) is 12.6. The first-order chi connectivity index (χ1) is 11.2. The van der Waals surface area contributed by atoms with Crippen LogP contribution in [-0.2, 0) is 6.61 Å². The summed E-state index contributed by atoms with van der Waals surface area (Å²) < 4.78 is 1.67. The molecule has 2 aromatic heterocycles. The standard InChI is InChI=1S/C17H16N4O2/c1-12-15(10-21(20-12)14-5-3-2-4-6-14)17(23)19-16-9-18-8-7-13(16)11-22/h2-10,22H,11H2,1H3,(H,19,23). The number of pyridine rings is 1. The van der Waals surface area contributed by atoms with Crippen LogP contribution < -0.4 is 5.32 Å². The first-order valence-corrected chi connectivity index (χ1v) is 7.16. The van der Waals surface area contributed by atoms with Gasteiger partial charge in [-0.3, -0.25) is 9.78 Å². The predicted molar refractivity (Wildman–Crippen MR) is 86.4 cm³/mol. The highest BCUT2D eigenvalue weighted by Crippen LogP contribution is 2.17. The molecule has 0 saturated heterocycles. The van der Waals surface area contributed by atoms with Crippen LogP contribution in [0, 0.1) is 6.92 Å². The Bertz CT molecular complexity index is 828. The summed E-state index contributed by atoms with van der Waals surface area (Å²) in [5, 5.41) is 16.5. The van der Waals surface area contributed by atoms with Gasteiger partial charge in [0.15, 0.2) is 0 Å². The summed E-state index contributed by atoms with van der Waals surface area (Å²) in [5.74, 6) is -0.285. The van der Waals surface area contributed by atoms with Crippen molar-refractivity contribution >= 4 is 11.6 Å². The Morgan fingerprint density at radius 1 is 1.26 bits per heavy atom. The largest absolute Gasteiger partial charge is 0.392 e. The van der Waals surface area contributed by atoms with Crippen molar-refractivity contribution in [2.45, 2.75) is 13.5 Å². The number of aromatic nitrogens is 3. The Kier molecular flexibility index (Phi) is 4.16. The van der Waals surface area contributed by atoms with Gasteiger partial charge in [-0.05, 0) is 25.1 Å². The monoisotopic (exact) mass is 308 g/mol. The van der Waals surface area contributed by atoms with Gasteiger partial charge in [0.1, 0.15) is 0 Å². The number of rotatable bonds is 4. The molecule has 1 aromatic carbocycles. The smallest absolute Gasteiger partial charge is 0.259 e. The van der Waals surface area contributed by atoms with Gasteiger partial charge in [-0.25, -0.2) is 4.68 Å². The third kappa shape index (κ3) is 3.12. The van der Waals surface area contributed by atoms with Gasteiger partial charge >= 0.3 is 0 Å². The lowest BCUT2D eigenvalue weighted by Gasteiger charge is -2.07. The van der Waals surface area contributed by atoms with Crippen LogP contribution in [0.5, 0.6) is 0 Å². The van der Waals surface area contributed by atoms with E-state index in [0.29, 0.717) is 22.5 Å². The molecule has 2 N–H and O–H groups in total. The number of carbonyl (C=O) groups is 1. The summed E-state index contributed by atoms with van der Waals surface area (Å²) in [6, 6.07) is 11.2. The molecule has 1 amide bonds. The Labute approximate surface area is 133 Å². The summed E-state index contributed by atoms with van der Waals surface area (Å²) in [6.45, 7) is 1.62. The molecule has 0 fully saturated rings. The van der Waals surface area contributed by atoms with E-state index in [2.05, 4.69) is 15.4 Å². The third-order valence-corrected chi connectivity index (χ3v) is 3.49. The molecule has 23 heavy (non-hydrogen) atoms. The van der Waals surface area contributed by atoms with Gasteiger partial charge in [-0.15, -0.1) is 0 Å². The summed E-state index contributed by atoms with van der Waals surface area (Å²) in [4.78, 5) is 16.4. The number of anilines is 1. The molecule has 0 saturated carbocycles. The van der Waals surface area contributed by atoms with E-state index in [9.17, 15) is 9.90 Å². The average molecular weight is 308 g/mol. The van der Waals surface area contributed by atoms with Crippen molar-refractivity contribution in [2.24, 2.45) is 0 Å². The minimum Gasteiger partial charge on any atom is -0.392 e. The first-order valence-electron chi connectivity index (χ1n) is 7.16. The topological polar surface area (TPSA) is 80.0 Å². The Morgan fingerprint density at radius 2 is 2.04 bits per heavy atom. The Hall–Kier alpha value is -2.99. The lowest BCUT2D eigenvalue weighted by Crippen LogP contribution is -2.14. The molecule has 0 radical (unpaired) electrons. The number of hydrogen-bond acceptors (Lipinski definition) is 4.